The number of Topliss-reactive ketones (excluding diaryl/α,β-unsaturated/α-hetero) is 1. The van der Waals surface area contributed by atoms with Gasteiger partial charge in [0.25, 0.3) is 5.91 Å². The van der Waals surface area contributed by atoms with E-state index >= 15 is 0 Å². The maximum Gasteiger partial charge on any atom is 0.253 e. The lowest BCUT2D eigenvalue weighted by Crippen LogP contribution is -2.48. The second-order valence-electron chi connectivity index (χ2n) is 8.49. The molecule has 0 unspecified atom stereocenters. The first-order valence-corrected chi connectivity index (χ1v) is 12.9. The average Bonchev–Trinajstić information content (AvgIpc) is 2.88. The van der Waals surface area contributed by atoms with Crippen LogP contribution in [0.4, 0.5) is 0 Å². The van der Waals surface area contributed by atoms with Gasteiger partial charge in [-0.05, 0) is 48.9 Å². The zero-order valence-corrected chi connectivity index (χ0v) is 20.4. The Morgan fingerprint density at radius 2 is 1.54 bits per heavy atom. The maximum atomic E-state index is 12.9. The average molecular weight is 493 g/mol. The number of carbonyl (C=O) groups excluding carboxylic acids is 2. The molecule has 1 saturated heterocycles. The molecule has 1 fully saturated rings. The lowest BCUT2D eigenvalue weighted by molar-refractivity contribution is 0.0627. The van der Waals surface area contributed by atoms with Crippen LogP contribution in [0, 0.1) is 0 Å². The van der Waals surface area contributed by atoms with Crippen LogP contribution in [0.3, 0.4) is 0 Å². The summed E-state index contributed by atoms with van der Waals surface area (Å²) in [7, 11) is -3.72. The van der Waals surface area contributed by atoms with Crippen LogP contribution in [0.2, 0.25) is 0 Å². The molecule has 35 heavy (non-hydrogen) atoms. The van der Waals surface area contributed by atoms with E-state index in [9.17, 15) is 18.0 Å². The fourth-order valence-electron chi connectivity index (χ4n) is 3.91. The quantitative estimate of drug-likeness (QED) is 0.486. The number of aromatic nitrogens is 1. The molecule has 2 heterocycles. The molecule has 0 saturated carbocycles. The van der Waals surface area contributed by atoms with Crippen LogP contribution in [-0.2, 0) is 23.1 Å². The van der Waals surface area contributed by atoms with Gasteiger partial charge < -0.3 is 4.90 Å². The van der Waals surface area contributed by atoms with Crippen LogP contribution in [0.15, 0.2) is 77.8 Å². The molecule has 1 aliphatic heterocycles. The van der Waals surface area contributed by atoms with Gasteiger partial charge in [-0.3, -0.25) is 19.5 Å². The molecular weight excluding hydrogens is 464 g/mol. The van der Waals surface area contributed by atoms with Gasteiger partial charge in [0.2, 0.25) is 10.0 Å². The van der Waals surface area contributed by atoms with Crippen LogP contribution >= 0.6 is 0 Å². The molecule has 1 N–H and O–H groups in total. The van der Waals surface area contributed by atoms with Gasteiger partial charge in [-0.15, -0.1) is 0 Å². The lowest BCUT2D eigenvalue weighted by atomic mass is 10.1. The molecule has 1 amide bonds. The van der Waals surface area contributed by atoms with Crippen LogP contribution < -0.4 is 4.72 Å². The Kier molecular flexibility index (Phi) is 7.70. The predicted octanol–water partition coefficient (Wildman–Crippen LogP) is 2.72. The van der Waals surface area contributed by atoms with Gasteiger partial charge in [0.05, 0.1) is 10.6 Å². The summed E-state index contributed by atoms with van der Waals surface area (Å²) in [4.78, 5) is 32.9. The molecule has 0 aliphatic carbocycles. The van der Waals surface area contributed by atoms with Gasteiger partial charge in [-0.25, -0.2) is 13.1 Å². The van der Waals surface area contributed by atoms with E-state index in [1.807, 2.05) is 23.1 Å². The minimum Gasteiger partial charge on any atom is -0.336 e. The molecule has 0 atom stereocenters. The summed E-state index contributed by atoms with van der Waals surface area (Å²) >= 11 is 0. The summed E-state index contributed by atoms with van der Waals surface area (Å²) in [6.45, 7) is 5.17. The van der Waals surface area contributed by atoms with Gasteiger partial charge in [0, 0.05) is 56.6 Å². The lowest BCUT2D eigenvalue weighted by Gasteiger charge is -2.34. The van der Waals surface area contributed by atoms with Gasteiger partial charge >= 0.3 is 0 Å². The minimum atomic E-state index is -3.72. The summed E-state index contributed by atoms with van der Waals surface area (Å²) < 4.78 is 27.6. The third kappa shape index (κ3) is 6.39. The normalized spacial score (nSPS) is 14.6. The first-order valence-electron chi connectivity index (χ1n) is 11.4. The molecular formula is C26H28N4O4S. The van der Waals surface area contributed by atoms with Gasteiger partial charge in [0.1, 0.15) is 0 Å². The second kappa shape index (κ2) is 10.9. The Balaban J connectivity index is 1.29. The van der Waals surface area contributed by atoms with E-state index < -0.39 is 10.0 Å². The van der Waals surface area contributed by atoms with Crippen molar-refractivity contribution in [3.05, 3.63) is 95.3 Å². The minimum absolute atomic E-state index is 0.0276. The summed E-state index contributed by atoms with van der Waals surface area (Å²) in [6.07, 6.45) is 1.79. The van der Waals surface area contributed by atoms with Crippen molar-refractivity contribution in [1.29, 1.82) is 0 Å². The van der Waals surface area contributed by atoms with Crippen LogP contribution in [0.1, 0.15) is 38.9 Å². The Bertz CT molecular complexity index is 1270. The van der Waals surface area contributed by atoms with E-state index in [1.54, 1.807) is 30.5 Å². The highest BCUT2D eigenvalue weighted by Crippen LogP contribution is 2.14. The number of sulfonamides is 1. The van der Waals surface area contributed by atoms with Gasteiger partial charge in [-0.1, -0.05) is 30.3 Å². The molecule has 2 aromatic carbocycles. The number of piperazine rings is 1. The Labute approximate surface area is 205 Å². The van der Waals surface area contributed by atoms with Crippen molar-refractivity contribution in [2.75, 3.05) is 26.2 Å². The molecule has 0 spiro atoms. The van der Waals surface area contributed by atoms with Crippen molar-refractivity contribution < 1.29 is 18.0 Å². The van der Waals surface area contributed by atoms with Crippen molar-refractivity contribution in [1.82, 2.24) is 19.5 Å². The van der Waals surface area contributed by atoms with E-state index in [2.05, 4.69) is 14.6 Å². The third-order valence-electron chi connectivity index (χ3n) is 6.01. The van der Waals surface area contributed by atoms with E-state index in [1.165, 1.54) is 31.2 Å². The van der Waals surface area contributed by atoms with Crippen molar-refractivity contribution in [3.8, 4) is 0 Å². The Hall–Kier alpha value is -3.40. The largest absolute Gasteiger partial charge is 0.336 e. The number of rotatable bonds is 8. The van der Waals surface area contributed by atoms with Gasteiger partial charge in [-0.2, -0.15) is 0 Å². The van der Waals surface area contributed by atoms with Crippen molar-refractivity contribution >= 4 is 21.7 Å². The van der Waals surface area contributed by atoms with E-state index in [-0.39, 0.29) is 23.1 Å². The molecule has 0 radical (unpaired) electrons. The van der Waals surface area contributed by atoms with Crippen molar-refractivity contribution in [2.45, 2.75) is 24.9 Å². The topological polar surface area (TPSA) is 99.7 Å². The number of carbonyl (C=O) groups is 2. The van der Waals surface area contributed by atoms with Crippen molar-refractivity contribution in [3.63, 3.8) is 0 Å². The van der Waals surface area contributed by atoms with Gasteiger partial charge in [0.15, 0.2) is 5.78 Å². The van der Waals surface area contributed by atoms with E-state index in [0.29, 0.717) is 24.2 Å². The fourth-order valence-corrected chi connectivity index (χ4v) is 4.93. The van der Waals surface area contributed by atoms with Crippen LogP contribution in [0.25, 0.3) is 0 Å². The highest BCUT2D eigenvalue weighted by atomic mass is 32.2. The number of pyridine rings is 1. The van der Waals surface area contributed by atoms with Crippen molar-refractivity contribution in [2.24, 2.45) is 0 Å². The monoisotopic (exact) mass is 492 g/mol. The Morgan fingerprint density at radius 3 is 2.14 bits per heavy atom. The zero-order valence-electron chi connectivity index (χ0n) is 19.6. The molecule has 182 valence electrons. The van der Waals surface area contributed by atoms with E-state index in [0.717, 1.165) is 30.9 Å². The molecule has 1 aliphatic rings. The number of benzene rings is 2. The highest BCUT2D eigenvalue weighted by Gasteiger charge is 2.22. The fraction of sp³-hybridized carbons (Fsp3) is 0.269. The number of hydrogen-bond acceptors (Lipinski definition) is 6. The number of nitrogens with one attached hydrogen (secondary N) is 1. The highest BCUT2D eigenvalue weighted by molar-refractivity contribution is 7.89. The second-order valence-corrected chi connectivity index (χ2v) is 10.3. The molecule has 1 aromatic heterocycles. The summed E-state index contributed by atoms with van der Waals surface area (Å²) in [5.41, 5.74) is 2.80. The maximum absolute atomic E-state index is 12.9. The number of hydrogen-bond donors (Lipinski definition) is 1. The zero-order chi connectivity index (χ0) is 24.8. The Morgan fingerprint density at radius 1 is 0.886 bits per heavy atom. The number of amides is 1. The van der Waals surface area contributed by atoms with E-state index in [4.69, 9.17) is 0 Å². The number of ketones is 1. The predicted molar refractivity (Wildman–Crippen MR) is 132 cm³/mol. The first kappa shape index (κ1) is 24.7. The molecule has 4 rings (SSSR count). The van der Waals surface area contributed by atoms with Crippen LogP contribution in [-0.4, -0.2) is 61.1 Å². The summed E-state index contributed by atoms with van der Waals surface area (Å²) in [6, 6.07) is 18.7. The smallest absolute Gasteiger partial charge is 0.253 e. The molecule has 0 bridgehead atoms. The standard InChI is InChI=1S/C26H28N4O4S/c1-20(31)22-9-11-25(12-10-22)35(33,34)28-18-21-5-7-23(8-6-21)26(32)30-16-14-29(15-17-30)19-24-4-2-3-13-27-24/h2-13,28H,14-19H2,1H3. The van der Waals surface area contributed by atoms with Crippen LogP contribution in [0.5, 0.6) is 0 Å². The molecule has 8 nitrogen and oxygen atoms in total. The first-order chi connectivity index (χ1) is 16.8. The SMILES string of the molecule is CC(=O)c1ccc(S(=O)(=O)NCc2ccc(C(=O)N3CCN(Cc4ccccn4)CC3)cc2)cc1. The molecule has 9 heteroatoms. The summed E-state index contributed by atoms with van der Waals surface area (Å²) in [5.74, 6) is -0.150. The third-order valence-corrected chi connectivity index (χ3v) is 7.43. The number of nitrogens with zero attached hydrogens (tertiary/aromatic N) is 3. The molecule has 3 aromatic rings. The summed E-state index contributed by atoms with van der Waals surface area (Å²) in [5, 5.41) is 0.